The minimum atomic E-state index is -0.213. The van der Waals surface area contributed by atoms with Crippen LogP contribution in [0.1, 0.15) is 74.9 Å². The summed E-state index contributed by atoms with van der Waals surface area (Å²) in [5, 5.41) is 7.95. The first kappa shape index (κ1) is 35.8. The summed E-state index contributed by atoms with van der Waals surface area (Å²) >= 11 is 0. The van der Waals surface area contributed by atoms with Gasteiger partial charge in [-0.3, -0.25) is 0 Å². The molecule has 0 aromatic heterocycles. The van der Waals surface area contributed by atoms with Gasteiger partial charge in [-0.2, -0.15) is 0 Å². The molecule has 10 aromatic rings. The van der Waals surface area contributed by atoms with Gasteiger partial charge in [0.2, 0.25) is 0 Å². The number of nitrogens with zero attached hydrogens (tertiary/aromatic N) is 1. The number of hydrogen-bond acceptors (Lipinski definition) is 1. The van der Waals surface area contributed by atoms with E-state index in [4.69, 9.17) is 0 Å². The van der Waals surface area contributed by atoms with Crippen LogP contribution >= 0.6 is 0 Å². The first-order chi connectivity index (χ1) is 30.0. The molecule has 1 nitrogen and oxygen atoms in total. The van der Waals surface area contributed by atoms with Gasteiger partial charge in [0.25, 0.3) is 0 Å². The van der Waals surface area contributed by atoms with E-state index in [2.05, 4.69) is 222 Å². The second kappa shape index (κ2) is 12.1. The summed E-state index contributed by atoms with van der Waals surface area (Å²) in [6.45, 7) is 14.4. The van der Waals surface area contributed by atoms with Gasteiger partial charge in [0.15, 0.2) is 0 Å². The maximum Gasteiger partial charge on any atom is 0.0465 e. The standard InChI is InChI=1S/C61H47N/c1-59(2)51-16-9-7-14-44(51)47-29-23-40(33-54(47)59)62(41-24-30-48-45-15-8-10-17-52(45)60(3,4)55(48)34-41)42-25-31-49-46-27-22-39(32-53(46)61(5,6)56(49)35-42)43-26-20-38-19-18-36-12-11-13-37-21-28-50(43)58(38)57(36)37/h7-35H,1-6H3. The Morgan fingerprint density at radius 2 is 0.677 bits per heavy atom. The Labute approximate surface area is 364 Å². The van der Waals surface area contributed by atoms with E-state index >= 15 is 0 Å². The van der Waals surface area contributed by atoms with Crippen molar-refractivity contribution in [2.75, 3.05) is 4.90 Å². The normalized spacial score (nSPS) is 15.6. The quantitative estimate of drug-likeness (QED) is 0.160. The summed E-state index contributed by atoms with van der Waals surface area (Å²) in [5.41, 5.74) is 22.0. The SMILES string of the molecule is CC1(C)c2ccccc2-c2ccc(N(c3ccc4c(c3)C(C)(C)c3ccccc3-4)c3ccc4c(c3)C(C)(C)c3cc(-c5ccc6ccc7cccc8ccc5c6c78)ccc3-4)cc21. The van der Waals surface area contributed by atoms with Crippen molar-refractivity contribution in [3.05, 3.63) is 209 Å². The molecule has 0 atom stereocenters. The summed E-state index contributed by atoms with van der Waals surface area (Å²) in [5.74, 6) is 0. The zero-order chi connectivity index (χ0) is 41.9. The van der Waals surface area contributed by atoms with Crippen molar-refractivity contribution in [2.24, 2.45) is 0 Å². The Bertz CT molecular complexity index is 3440. The van der Waals surface area contributed by atoms with E-state index in [0.717, 1.165) is 0 Å². The van der Waals surface area contributed by atoms with Crippen LogP contribution in [0.15, 0.2) is 176 Å². The predicted octanol–water partition coefficient (Wildman–Crippen LogP) is 16.6. The lowest BCUT2D eigenvalue weighted by atomic mass is 9.81. The van der Waals surface area contributed by atoms with Crippen LogP contribution in [0.5, 0.6) is 0 Å². The van der Waals surface area contributed by atoms with Crippen LogP contribution in [0, 0.1) is 0 Å². The average molecular weight is 794 g/mol. The Morgan fingerprint density at radius 1 is 0.290 bits per heavy atom. The fourth-order valence-corrected chi connectivity index (χ4v) is 12.1. The van der Waals surface area contributed by atoms with E-state index in [1.165, 1.54) is 127 Å². The number of anilines is 3. The van der Waals surface area contributed by atoms with Gasteiger partial charge in [-0.1, -0.05) is 175 Å². The smallest absolute Gasteiger partial charge is 0.0465 e. The minimum absolute atomic E-state index is 0.108. The number of fused-ring (bicyclic) bond motifs is 9. The second-order valence-corrected chi connectivity index (χ2v) is 19.7. The molecule has 0 saturated carbocycles. The molecule has 0 amide bonds. The third kappa shape index (κ3) is 4.64. The highest BCUT2D eigenvalue weighted by Crippen LogP contribution is 2.55. The van der Waals surface area contributed by atoms with Crippen LogP contribution in [0.2, 0.25) is 0 Å². The van der Waals surface area contributed by atoms with E-state index in [-0.39, 0.29) is 16.2 Å². The molecule has 10 aromatic carbocycles. The van der Waals surface area contributed by atoms with E-state index < -0.39 is 0 Å². The highest BCUT2D eigenvalue weighted by Gasteiger charge is 2.39. The van der Waals surface area contributed by atoms with E-state index in [0.29, 0.717) is 0 Å². The lowest BCUT2D eigenvalue weighted by Crippen LogP contribution is -2.19. The third-order valence-corrected chi connectivity index (χ3v) is 15.4. The van der Waals surface area contributed by atoms with Gasteiger partial charge in [0.05, 0.1) is 0 Å². The van der Waals surface area contributed by atoms with Crippen LogP contribution in [0.4, 0.5) is 17.1 Å². The Hall–Kier alpha value is -6.96. The zero-order valence-corrected chi connectivity index (χ0v) is 36.2. The van der Waals surface area contributed by atoms with Crippen molar-refractivity contribution < 1.29 is 0 Å². The van der Waals surface area contributed by atoms with Gasteiger partial charge in [0, 0.05) is 33.3 Å². The largest absolute Gasteiger partial charge is 0.310 e. The van der Waals surface area contributed by atoms with Crippen molar-refractivity contribution >= 4 is 49.4 Å². The van der Waals surface area contributed by atoms with Crippen molar-refractivity contribution in [3.8, 4) is 44.5 Å². The molecule has 0 fully saturated rings. The molecule has 0 radical (unpaired) electrons. The van der Waals surface area contributed by atoms with Crippen LogP contribution in [0.3, 0.4) is 0 Å². The fourth-order valence-electron chi connectivity index (χ4n) is 12.1. The molecular formula is C61H47N. The van der Waals surface area contributed by atoms with Crippen molar-refractivity contribution in [1.29, 1.82) is 0 Å². The summed E-state index contributed by atoms with van der Waals surface area (Å²) in [6.07, 6.45) is 0. The van der Waals surface area contributed by atoms with Crippen LogP contribution in [0.25, 0.3) is 76.8 Å². The highest BCUT2D eigenvalue weighted by atomic mass is 15.1. The Balaban J connectivity index is 0.961. The van der Waals surface area contributed by atoms with Crippen LogP contribution in [-0.4, -0.2) is 0 Å². The summed E-state index contributed by atoms with van der Waals surface area (Å²) in [7, 11) is 0. The molecule has 0 saturated heterocycles. The monoisotopic (exact) mass is 793 g/mol. The highest BCUT2D eigenvalue weighted by molar-refractivity contribution is 6.25. The molecule has 0 N–H and O–H groups in total. The molecule has 3 aliphatic carbocycles. The number of benzene rings is 10. The molecule has 0 spiro atoms. The molecule has 1 heteroatoms. The third-order valence-electron chi connectivity index (χ3n) is 15.4. The number of hydrogen-bond donors (Lipinski definition) is 0. The molecule has 3 aliphatic rings. The maximum absolute atomic E-state index is 2.52. The predicted molar refractivity (Wildman–Crippen MR) is 263 cm³/mol. The van der Waals surface area contributed by atoms with Gasteiger partial charge < -0.3 is 4.90 Å². The van der Waals surface area contributed by atoms with Crippen LogP contribution < -0.4 is 4.90 Å². The lowest BCUT2D eigenvalue weighted by Gasteiger charge is -2.31. The van der Waals surface area contributed by atoms with E-state index in [1.54, 1.807) is 0 Å². The van der Waals surface area contributed by atoms with Gasteiger partial charge >= 0.3 is 0 Å². The van der Waals surface area contributed by atoms with Gasteiger partial charge in [-0.25, -0.2) is 0 Å². The Morgan fingerprint density at radius 3 is 1.21 bits per heavy atom. The molecule has 13 rings (SSSR count). The van der Waals surface area contributed by atoms with E-state index in [1.807, 2.05) is 0 Å². The average Bonchev–Trinajstić information content (AvgIpc) is 3.77. The first-order valence-electron chi connectivity index (χ1n) is 22.3. The second-order valence-electron chi connectivity index (χ2n) is 19.7. The molecule has 0 bridgehead atoms. The summed E-state index contributed by atoms with van der Waals surface area (Å²) in [4.78, 5) is 2.52. The molecule has 0 unspecified atom stereocenters. The Kier molecular flexibility index (Phi) is 6.99. The minimum Gasteiger partial charge on any atom is -0.310 e. The van der Waals surface area contributed by atoms with E-state index in [9.17, 15) is 0 Å². The van der Waals surface area contributed by atoms with Crippen LogP contribution in [-0.2, 0) is 16.2 Å². The lowest BCUT2D eigenvalue weighted by molar-refractivity contribution is 0.659. The number of rotatable bonds is 4. The van der Waals surface area contributed by atoms with Gasteiger partial charge in [-0.15, -0.1) is 0 Å². The molecule has 0 heterocycles. The topological polar surface area (TPSA) is 3.24 Å². The molecular weight excluding hydrogens is 747 g/mol. The first-order valence-corrected chi connectivity index (χ1v) is 22.3. The molecule has 296 valence electrons. The van der Waals surface area contributed by atoms with Crippen molar-refractivity contribution in [2.45, 2.75) is 57.8 Å². The summed E-state index contributed by atoms with van der Waals surface area (Å²) in [6, 6.07) is 67.2. The molecule has 62 heavy (non-hydrogen) atoms. The zero-order valence-electron chi connectivity index (χ0n) is 36.2. The van der Waals surface area contributed by atoms with Gasteiger partial charge in [-0.05, 0) is 153 Å². The van der Waals surface area contributed by atoms with Crippen molar-refractivity contribution in [3.63, 3.8) is 0 Å². The molecule has 0 aliphatic heterocycles. The maximum atomic E-state index is 2.52. The summed E-state index contributed by atoms with van der Waals surface area (Å²) < 4.78 is 0. The fraction of sp³-hybridized carbons (Fsp3) is 0.148. The van der Waals surface area contributed by atoms with Crippen molar-refractivity contribution in [1.82, 2.24) is 0 Å². The van der Waals surface area contributed by atoms with Gasteiger partial charge in [0.1, 0.15) is 0 Å².